The zero-order valence-corrected chi connectivity index (χ0v) is 20.9. The number of aryl methyl sites for hydroxylation is 1. The molecule has 0 spiro atoms. The summed E-state index contributed by atoms with van der Waals surface area (Å²) >= 11 is 1.28. The lowest BCUT2D eigenvalue weighted by atomic mass is 10.1. The number of rotatable bonds is 6. The van der Waals surface area contributed by atoms with Gasteiger partial charge in [0, 0.05) is 12.1 Å². The molecule has 2 heterocycles. The van der Waals surface area contributed by atoms with E-state index in [4.69, 9.17) is 9.47 Å². The van der Waals surface area contributed by atoms with Gasteiger partial charge in [-0.3, -0.25) is 14.5 Å². The lowest BCUT2D eigenvalue weighted by molar-refractivity contribution is -0.131. The van der Waals surface area contributed by atoms with Crippen molar-refractivity contribution < 1.29 is 19.1 Å². The molecule has 2 aromatic carbocycles. The minimum absolute atomic E-state index is 0.0159. The number of carbonyl (C=O) groups is 2. The van der Waals surface area contributed by atoms with Crippen molar-refractivity contribution in [2.45, 2.75) is 46.7 Å². The Morgan fingerprint density at radius 1 is 1.09 bits per heavy atom. The van der Waals surface area contributed by atoms with Crippen molar-refractivity contribution in [2.24, 2.45) is 4.99 Å². The van der Waals surface area contributed by atoms with Crippen LogP contribution in [0, 0.1) is 6.92 Å². The molecular formula is C26H29N3O4S. The van der Waals surface area contributed by atoms with Gasteiger partial charge >= 0.3 is 0 Å². The van der Waals surface area contributed by atoms with Gasteiger partial charge in [-0.2, -0.15) is 0 Å². The smallest absolute Gasteiger partial charge is 0.283 e. The van der Waals surface area contributed by atoms with Crippen LogP contribution in [0.25, 0.3) is 6.08 Å². The average Bonchev–Trinajstić information content (AvgIpc) is 3.36. The molecule has 0 bridgehead atoms. The van der Waals surface area contributed by atoms with Crippen molar-refractivity contribution in [1.82, 2.24) is 4.90 Å². The van der Waals surface area contributed by atoms with Gasteiger partial charge in [-0.1, -0.05) is 35.5 Å². The van der Waals surface area contributed by atoms with Gasteiger partial charge in [-0.05, 0) is 70.5 Å². The zero-order valence-electron chi connectivity index (χ0n) is 20.1. The van der Waals surface area contributed by atoms with E-state index in [2.05, 4.69) is 4.99 Å². The number of fused-ring (bicyclic) bond motifs is 1. The van der Waals surface area contributed by atoms with Gasteiger partial charge in [0.2, 0.25) is 12.7 Å². The molecule has 2 amide bonds. The molecule has 34 heavy (non-hydrogen) atoms. The summed E-state index contributed by atoms with van der Waals surface area (Å²) < 4.78 is 10.8. The van der Waals surface area contributed by atoms with Crippen LogP contribution < -0.4 is 14.4 Å². The SMILES string of the molecule is Cc1ccc(N2C(=O)C(=Cc3ccc4c(c3)OCO4)N=C2SCC(=O)N(C(C)C)C(C)C)cc1. The molecule has 2 aliphatic heterocycles. The van der Waals surface area contributed by atoms with Crippen molar-refractivity contribution in [3.8, 4) is 11.5 Å². The third kappa shape index (κ3) is 4.97. The zero-order chi connectivity index (χ0) is 24.4. The minimum Gasteiger partial charge on any atom is -0.454 e. The Bertz CT molecular complexity index is 1150. The van der Waals surface area contributed by atoms with Crippen LogP contribution in [-0.4, -0.2) is 46.5 Å². The summed E-state index contributed by atoms with van der Waals surface area (Å²) in [6.45, 7) is 10.2. The number of amides is 2. The topological polar surface area (TPSA) is 71.4 Å². The fourth-order valence-electron chi connectivity index (χ4n) is 4.05. The first-order valence-corrected chi connectivity index (χ1v) is 12.3. The van der Waals surface area contributed by atoms with Crippen LogP contribution in [0.3, 0.4) is 0 Å². The van der Waals surface area contributed by atoms with E-state index in [1.165, 1.54) is 11.8 Å². The number of benzene rings is 2. The number of carbonyl (C=O) groups excluding carboxylic acids is 2. The molecule has 4 rings (SSSR count). The van der Waals surface area contributed by atoms with Gasteiger partial charge < -0.3 is 14.4 Å². The fraction of sp³-hybridized carbons (Fsp3) is 0.346. The van der Waals surface area contributed by atoms with E-state index in [9.17, 15) is 9.59 Å². The molecule has 0 saturated carbocycles. The van der Waals surface area contributed by atoms with E-state index < -0.39 is 0 Å². The number of ether oxygens (including phenoxy) is 2. The molecule has 178 valence electrons. The molecule has 0 aromatic heterocycles. The van der Waals surface area contributed by atoms with Crippen LogP contribution in [0.15, 0.2) is 53.2 Å². The summed E-state index contributed by atoms with van der Waals surface area (Å²) in [5, 5.41) is 0.488. The molecule has 0 radical (unpaired) electrons. The highest BCUT2D eigenvalue weighted by Gasteiger charge is 2.33. The first-order chi connectivity index (χ1) is 16.2. The third-order valence-electron chi connectivity index (χ3n) is 5.55. The third-order valence-corrected chi connectivity index (χ3v) is 6.47. The van der Waals surface area contributed by atoms with Crippen molar-refractivity contribution in [3.05, 3.63) is 59.3 Å². The van der Waals surface area contributed by atoms with E-state index in [0.29, 0.717) is 28.1 Å². The molecule has 0 saturated heterocycles. The Morgan fingerprint density at radius 3 is 2.44 bits per heavy atom. The maximum atomic E-state index is 13.4. The number of thioether (sulfide) groups is 1. The van der Waals surface area contributed by atoms with Crippen LogP contribution >= 0.6 is 11.8 Å². The Kier molecular flexibility index (Phi) is 6.97. The highest BCUT2D eigenvalue weighted by atomic mass is 32.2. The Labute approximate surface area is 204 Å². The number of anilines is 1. The van der Waals surface area contributed by atoms with Crippen LogP contribution in [-0.2, 0) is 9.59 Å². The predicted molar refractivity (Wildman–Crippen MR) is 136 cm³/mol. The van der Waals surface area contributed by atoms with Crippen LogP contribution in [0.4, 0.5) is 5.69 Å². The molecule has 0 aliphatic carbocycles. The minimum atomic E-state index is -0.235. The fourth-order valence-corrected chi connectivity index (χ4v) is 4.93. The maximum Gasteiger partial charge on any atom is 0.283 e. The van der Waals surface area contributed by atoms with Crippen LogP contribution in [0.1, 0.15) is 38.8 Å². The van der Waals surface area contributed by atoms with Crippen molar-refractivity contribution in [1.29, 1.82) is 0 Å². The summed E-state index contributed by atoms with van der Waals surface area (Å²) in [6.07, 6.45) is 1.73. The summed E-state index contributed by atoms with van der Waals surface area (Å²) in [7, 11) is 0. The lowest BCUT2D eigenvalue weighted by Crippen LogP contribution is -2.43. The van der Waals surface area contributed by atoms with Gasteiger partial charge in [-0.25, -0.2) is 4.99 Å². The van der Waals surface area contributed by atoms with Gasteiger partial charge in [0.1, 0.15) is 5.70 Å². The molecule has 0 atom stereocenters. The monoisotopic (exact) mass is 479 g/mol. The molecule has 8 heteroatoms. The van der Waals surface area contributed by atoms with Crippen LogP contribution in [0.5, 0.6) is 11.5 Å². The number of hydrogen-bond acceptors (Lipinski definition) is 6. The van der Waals surface area contributed by atoms with Crippen molar-refractivity contribution in [3.63, 3.8) is 0 Å². The van der Waals surface area contributed by atoms with Crippen LogP contribution in [0.2, 0.25) is 0 Å². The highest BCUT2D eigenvalue weighted by molar-refractivity contribution is 8.14. The molecule has 0 fully saturated rings. The van der Waals surface area contributed by atoms with E-state index >= 15 is 0 Å². The standard InChI is InChI=1S/C26H29N3O4S/c1-16(2)28(17(3)4)24(30)14-34-26-27-21(12-19-8-11-22-23(13-19)33-15-32-22)25(31)29(26)20-9-6-18(5)7-10-20/h6-13,16-17H,14-15H2,1-5H3. The summed E-state index contributed by atoms with van der Waals surface area (Å²) in [5.74, 6) is 1.30. The number of amidine groups is 1. The summed E-state index contributed by atoms with van der Waals surface area (Å²) in [4.78, 5) is 34.4. The molecule has 0 unspecified atom stereocenters. The predicted octanol–water partition coefficient (Wildman–Crippen LogP) is 4.85. The maximum absolute atomic E-state index is 13.4. The summed E-state index contributed by atoms with van der Waals surface area (Å²) in [6, 6.07) is 13.4. The van der Waals surface area contributed by atoms with Gasteiger partial charge in [-0.15, -0.1) is 0 Å². The Hall–Kier alpha value is -3.26. The number of hydrogen-bond donors (Lipinski definition) is 0. The van der Waals surface area contributed by atoms with E-state index in [1.54, 1.807) is 11.0 Å². The van der Waals surface area contributed by atoms with Crippen molar-refractivity contribution in [2.75, 3.05) is 17.4 Å². The van der Waals surface area contributed by atoms with E-state index in [0.717, 1.165) is 11.1 Å². The first kappa shape index (κ1) is 23.9. The van der Waals surface area contributed by atoms with Crippen molar-refractivity contribution >= 4 is 40.5 Å². The van der Waals surface area contributed by atoms with E-state index in [-0.39, 0.29) is 36.4 Å². The second kappa shape index (κ2) is 9.93. The lowest BCUT2D eigenvalue weighted by Gasteiger charge is -2.30. The quantitative estimate of drug-likeness (QED) is 0.554. The van der Waals surface area contributed by atoms with Gasteiger partial charge in [0.25, 0.3) is 5.91 Å². The van der Waals surface area contributed by atoms with E-state index in [1.807, 2.05) is 82.0 Å². The second-order valence-corrected chi connectivity index (χ2v) is 9.73. The van der Waals surface area contributed by atoms with Gasteiger partial charge in [0.15, 0.2) is 16.7 Å². The molecule has 0 N–H and O–H groups in total. The van der Waals surface area contributed by atoms with Gasteiger partial charge in [0.05, 0.1) is 11.4 Å². The average molecular weight is 480 g/mol. The Balaban J connectivity index is 1.63. The normalized spacial score (nSPS) is 16.1. The molecule has 2 aromatic rings. The Morgan fingerprint density at radius 2 is 1.76 bits per heavy atom. The molecule has 2 aliphatic rings. The number of aliphatic imine (C=N–C) groups is 1. The highest BCUT2D eigenvalue weighted by Crippen LogP contribution is 2.34. The largest absolute Gasteiger partial charge is 0.454 e. The summed E-state index contributed by atoms with van der Waals surface area (Å²) in [5.41, 5.74) is 2.90. The second-order valence-electron chi connectivity index (χ2n) is 8.79. The number of nitrogens with zero attached hydrogens (tertiary/aromatic N) is 3. The first-order valence-electron chi connectivity index (χ1n) is 11.3. The molecular weight excluding hydrogens is 450 g/mol. The molecule has 7 nitrogen and oxygen atoms in total.